The lowest BCUT2D eigenvalue weighted by Gasteiger charge is -2.07. The van der Waals surface area contributed by atoms with Gasteiger partial charge in [-0.05, 0) is 32.1 Å². The van der Waals surface area contributed by atoms with Gasteiger partial charge in [0.1, 0.15) is 12.4 Å². The van der Waals surface area contributed by atoms with Gasteiger partial charge in [-0.1, -0.05) is 201 Å². The predicted octanol–water partition coefficient (Wildman–Crippen LogP) is 14.3. The fourth-order valence-corrected chi connectivity index (χ4v) is 7.03. The third-order valence-corrected chi connectivity index (χ3v) is 10.1. The van der Waals surface area contributed by atoms with E-state index < -0.39 is 0 Å². The second-order valence-electron chi connectivity index (χ2n) is 14.5. The van der Waals surface area contributed by atoms with Gasteiger partial charge in [0, 0.05) is 6.42 Å². The first-order valence-electron chi connectivity index (χ1n) is 20.9. The summed E-state index contributed by atoms with van der Waals surface area (Å²) in [5.74, 6) is 1.62. The van der Waals surface area contributed by atoms with Crippen molar-refractivity contribution < 1.29 is 4.57 Å². The number of hydrogen-bond acceptors (Lipinski definition) is 0. The molecule has 0 radical (unpaired) electrons. The summed E-state index contributed by atoms with van der Waals surface area (Å²) in [6, 6.07) is 0. The highest BCUT2D eigenvalue weighted by Gasteiger charge is 2.16. The number of nitrogens with zero attached hydrogens (tertiary/aromatic N) is 2. The normalized spacial score (nSPS) is 11.6. The summed E-state index contributed by atoms with van der Waals surface area (Å²) in [5, 5.41) is 0. The Morgan fingerprint density at radius 3 is 1.09 bits per heavy atom. The van der Waals surface area contributed by atoms with Crippen molar-refractivity contribution in [2.45, 2.75) is 252 Å². The van der Waals surface area contributed by atoms with E-state index in [4.69, 9.17) is 0 Å². The van der Waals surface area contributed by atoms with Gasteiger partial charge in [0.25, 0.3) is 5.82 Å². The van der Waals surface area contributed by atoms with E-state index in [0.717, 1.165) is 0 Å². The van der Waals surface area contributed by atoms with E-state index in [-0.39, 0.29) is 0 Å². The molecule has 0 bridgehead atoms. The Bertz CT molecular complexity index is 677. The van der Waals surface area contributed by atoms with Gasteiger partial charge in [-0.15, -0.1) is 0 Å². The van der Waals surface area contributed by atoms with E-state index >= 15 is 0 Å². The number of rotatable bonds is 36. The summed E-state index contributed by atoms with van der Waals surface area (Å²) in [4.78, 5) is 0. The molecule has 0 aliphatic rings. The van der Waals surface area contributed by atoms with Crippen molar-refractivity contribution in [3.05, 3.63) is 18.2 Å². The first kappa shape index (κ1) is 41.2. The predicted molar refractivity (Wildman–Crippen MR) is 198 cm³/mol. The molecule has 0 amide bonds. The number of aryl methyl sites for hydroxylation is 2. The summed E-state index contributed by atoms with van der Waals surface area (Å²) in [7, 11) is 0. The minimum absolute atomic E-state index is 1.23. The minimum atomic E-state index is 1.23. The van der Waals surface area contributed by atoms with E-state index in [1.54, 1.807) is 5.82 Å². The minimum Gasteiger partial charge on any atom is -0.234 e. The summed E-state index contributed by atoms with van der Waals surface area (Å²) in [5.41, 5.74) is 0. The van der Waals surface area contributed by atoms with Gasteiger partial charge in [0.15, 0.2) is 0 Å². The SMILES string of the molecule is CCCCCCCCCCCCCCCCCCc1n(CCCCCCCCCCCCCC)cc[n+]1CCCCCCC. The smallest absolute Gasteiger partial charge is 0.234 e. The molecule has 0 N–H and O–H groups in total. The van der Waals surface area contributed by atoms with Crippen molar-refractivity contribution in [3.63, 3.8) is 0 Å². The Kier molecular flexibility index (Phi) is 31.5. The number of aromatic nitrogens is 2. The topological polar surface area (TPSA) is 8.81 Å². The highest BCUT2D eigenvalue weighted by molar-refractivity contribution is 4.84. The molecule has 0 unspecified atom stereocenters. The van der Waals surface area contributed by atoms with Crippen LogP contribution >= 0.6 is 0 Å². The summed E-state index contributed by atoms with van der Waals surface area (Å²) in [6.45, 7) is 9.40. The zero-order valence-electron chi connectivity index (χ0n) is 31.0. The van der Waals surface area contributed by atoms with Gasteiger partial charge in [0.05, 0.1) is 13.1 Å². The van der Waals surface area contributed by atoms with Gasteiger partial charge >= 0.3 is 0 Å². The lowest BCUT2D eigenvalue weighted by Crippen LogP contribution is -2.37. The van der Waals surface area contributed by atoms with Crippen LogP contribution in [0.25, 0.3) is 0 Å². The molecule has 260 valence electrons. The van der Waals surface area contributed by atoms with Crippen LogP contribution in [0.15, 0.2) is 12.4 Å². The maximum absolute atomic E-state index is 2.63. The van der Waals surface area contributed by atoms with Gasteiger partial charge in [-0.3, -0.25) is 0 Å². The highest BCUT2D eigenvalue weighted by Crippen LogP contribution is 2.16. The molecule has 0 fully saturated rings. The second kappa shape index (κ2) is 33.6. The van der Waals surface area contributed by atoms with E-state index in [0.29, 0.717) is 0 Å². The van der Waals surface area contributed by atoms with Crippen LogP contribution < -0.4 is 4.57 Å². The fraction of sp³-hybridized carbons (Fsp3) is 0.929. The van der Waals surface area contributed by atoms with Crippen LogP contribution in [0.1, 0.15) is 238 Å². The van der Waals surface area contributed by atoms with Crippen LogP contribution in [-0.2, 0) is 19.5 Å². The molecule has 0 aliphatic carbocycles. The average Bonchev–Trinajstić information content (AvgIpc) is 3.42. The van der Waals surface area contributed by atoms with Crippen LogP contribution in [-0.4, -0.2) is 4.57 Å². The fourth-order valence-electron chi connectivity index (χ4n) is 7.03. The molecular weight excluding hydrogens is 532 g/mol. The Balaban J connectivity index is 2.18. The molecule has 1 heterocycles. The molecule has 0 aromatic carbocycles. The maximum atomic E-state index is 2.63. The molecule has 0 atom stereocenters. The van der Waals surface area contributed by atoms with Crippen molar-refractivity contribution in [3.8, 4) is 0 Å². The lowest BCUT2D eigenvalue weighted by atomic mass is 10.0. The third kappa shape index (κ3) is 25.4. The molecule has 2 nitrogen and oxygen atoms in total. The van der Waals surface area contributed by atoms with E-state index in [2.05, 4.69) is 42.3 Å². The van der Waals surface area contributed by atoms with Gasteiger partial charge in [-0.25, -0.2) is 9.13 Å². The molecule has 1 rings (SSSR count). The molecule has 1 aromatic rings. The van der Waals surface area contributed by atoms with E-state index in [1.165, 1.54) is 231 Å². The molecule has 0 saturated heterocycles. The standard InChI is InChI=1S/C42H83N2/c1-4-7-10-13-15-17-19-21-22-23-24-25-27-29-31-34-37-42-43(38-35-32-12-9-6-3)40-41-44(42)39-36-33-30-28-26-20-18-16-14-11-8-5-2/h40-41H,4-39H2,1-3H3/q+1. The van der Waals surface area contributed by atoms with Crippen molar-refractivity contribution in [1.29, 1.82) is 0 Å². The van der Waals surface area contributed by atoms with Crippen LogP contribution in [0.4, 0.5) is 0 Å². The Hall–Kier alpha value is -0.790. The number of unbranched alkanes of at least 4 members (excludes halogenated alkanes) is 30. The van der Waals surface area contributed by atoms with Gasteiger partial charge in [-0.2, -0.15) is 0 Å². The Labute approximate surface area is 279 Å². The van der Waals surface area contributed by atoms with Crippen LogP contribution in [0.2, 0.25) is 0 Å². The van der Waals surface area contributed by atoms with Crippen LogP contribution in [0.3, 0.4) is 0 Å². The molecule has 44 heavy (non-hydrogen) atoms. The summed E-state index contributed by atoms with van der Waals surface area (Å²) < 4.78 is 5.26. The Morgan fingerprint density at radius 1 is 0.386 bits per heavy atom. The van der Waals surface area contributed by atoms with Gasteiger partial charge in [0.2, 0.25) is 0 Å². The highest BCUT2D eigenvalue weighted by atomic mass is 15.1. The molecule has 0 spiro atoms. The van der Waals surface area contributed by atoms with Crippen molar-refractivity contribution in [1.82, 2.24) is 4.57 Å². The molecule has 0 aliphatic heterocycles. The van der Waals surface area contributed by atoms with Crippen LogP contribution in [0, 0.1) is 0 Å². The monoisotopic (exact) mass is 616 g/mol. The third-order valence-electron chi connectivity index (χ3n) is 10.1. The average molecular weight is 616 g/mol. The van der Waals surface area contributed by atoms with Crippen molar-refractivity contribution in [2.75, 3.05) is 0 Å². The first-order chi connectivity index (χ1) is 21.8. The summed E-state index contributed by atoms with van der Waals surface area (Å²) in [6.07, 6.45) is 53.4. The van der Waals surface area contributed by atoms with E-state index in [9.17, 15) is 0 Å². The Morgan fingerprint density at radius 2 is 0.705 bits per heavy atom. The zero-order chi connectivity index (χ0) is 31.6. The number of hydrogen-bond donors (Lipinski definition) is 0. The van der Waals surface area contributed by atoms with Gasteiger partial charge < -0.3 is 0 Å². The van der Waals surface area contributed by atoms with Crippen molar-refractivity contribution in [2.24, 2.45) is 0 Å². The second-order valence-corrected chi connectivity index (χ2v) is 14.5. The molecule has 2 heteroatoms. The zero-order valence-corrected chi connectivity index (χ0v) is 31.0. The largest absolute Gasteiger partial charge is 0.256 e. The summed E-state index contributed by atoms with van der Waals surface area (Å²) >= 11 is 0. The maximum Gasteiger partial charge on any atom is 0.256 e. The lowest BCUT2D eigenvalue weighted by molar-refractivity contribution is -0.704. The molecule has 1 aromatic heterocycles. The van der Waals surface area contributed by atoms with E-state index in [1.807, 2.05) is 0 Å². The first-order valence-corrected chi connectivity index (χ1v) is 20.9. The van der Waals surface area contributed by atoms with Crippen LogP contribution in [0.5, 0.6) is 0 Å². The number of imidazole rings is 1. The quantitative estimate of drug-likeness (QED) is 0.0524. The molecule has 0 saturated carbocycles. The molecular formula is C42H83N2+. The van der Waals surface area contributed by atoms with Crippen molar-refractivity contribution >= 4 is 0 Å².